The van der Waals surface area contributed by atoms with Crippen LogP contribution >= 0.6 is 0 Å². The van der Waals surface area contributed by atoms with Crippen LogP contribution in [-0.4, -0.2) is 41.8 Å². The van der Waals surface area contributed by atoms with Gasteiger partial charge in [0.15, 0.2) is 6.20 Å². The maximum absolute atomic E-state index is 11.3. The largest absolute Gasteiger partial charge is 0.485 e. The van der Waals surface area contributed by atoms with Crippen LogP contribution in [0.5, 0.6) is 5.75 Å². The third-order valence-electron chi connectivity index (χ3n) is 2.83. The quantitative estimate of drug-likeness (QED) is 0.524. The van der Waals surface area contributed by atoms with Crippen molar-refractivity contribution in [2.75, 3.05) is 7.11 Å². The van der Waals surface area contributed by atoms with E-state index in [0.717, 1.165) is 7.11 Å². The van der Waals surface area contributed by atoms with E-state index in [4.69, 9.17) is 0 Å². The van der Waals surface area contributed by atoms with E-state index >= 15 is 0 Å². The molecule has 2 rings (SSSR count). The van der Waals surface area contributed by atoms with Gasteiger partial charge in [-0.3, -0.25) is 30.3 Å². The molecule has 1 heterocycles. The van der Waals surface area contributed by atoms with Gasteiger partial charge in [-0.25, -0.2) is 0 Å². The summed E-state index contributed by atoms with van der Waals surface area (Å²) in [6.07, 6.45) is 0.599. The number of rotatable bonds is 6. The lowest BCUT2D eigenvalue weighted by Gasteiger charge is -2.06. The number of benzene rings is 1. The van der Waals surface area contributed by atoms with E-state index in [9.17, 15) is 40.5 Å². The van der Waals surface area contributed by atoms with Crippen LogP contribution < -0.4 is 4.74 Å². The fourth-order valence-electron chi connectivity index (χ4n) is 1.90. The molecule has 1 aromatic heterocycles. The van der Waals surface area contributed by atoms with Gasteiger partial charge in [-0.1, -0.05) is 0 Å². The van der Waals surface area contributed by atoms with Crippen molar-refractivity contribution in [2.45, 2.75) is 0 Å². The van der Waals surface area contributed by atoms with E-state index in [-0.39, 0.29) is 4.80 Å². The molecule has 0 bridgehead atoms. The topological polar surface area (TPSA) is 212 Å². The maximum Gasteiger partial charge on any atom is 0.410 e. The molecule has 130 valence electrons. The van der Waals surface area contributed by atoms with Crippen molar-refractivity contribution in [3.63, 3.8) is 0 Å². The van der Waals surface area contributed by atoms with Crippen molar-refractivity contribution in [1.29, 1.82) is 0 Å². The summed E-state index contributed by atoms with van der Waals surface area (Å²) in [5.74, 6) is -1.74. The molecule has 16 nitrogen and oxygen atoms in total. The summed E-state index contributed by atoms with van der Waals surface area (Å²) in [6, 6.07) is 0.413. The van der Waals surface area contributed by atoms with E-state index in [2.05, 4.69) is 14.9 Å². The van der Waals surface area contributed by atoms with Gasteiger partial charge in [0, 0.05) is 0 Å². The average molecular weight is 355 g/mol. The van der Waals surface area contributed by atoms with Gasteiger partial charge in [0.1, 0.15) is 6.07 Å². The van der Waals surface area contributed by atoms with Crippen molar-refractivity contribution in [1.82, 2.24) is 15.0 Å². The predicted molar refractivity (Wildman–Crippen MR) is 74.5 cm³/mol. The Bertz CT molecular complexity index is 920. The molecule has 0 atom stereocenters. The molecule has 0 fully saturated rings. The second kappa shape index (κ2) is 6.10. The van der Waals surface area contributed by atoms with Crippen LogP contribution in [0.25, 0.3) is 5.69 Å². The maximum atomic E-state index is 11.3. The molecule has 1 aromatic carbocycles. The summed E-state index contributed by atoms with van der Waals surface area (Å²) in [4.78, 5) is 40.1. The number of nitrogens with zero attached hydrogens (tertiary/aromatic N) is 7. The molecule has 0 aliphatic heterocycles. The Morgan fingerprint density at radius 1 is 0.960 bits per heavy atom. The van der Waals surface area contributed by atoms with E-state index < -0.39 is 54.0 Å². The molecule has 0 amide bonds. The molecule has 2 aromatic rings. The zero-order valence-corrected chi connectivity index (χ0v) is 12.0. The number of methoxy groups -OCH3 is 1. The Hall–Kier alpha value is -4.24. The Morgan fingerprint density at radius 3 is 1.96 bits per heavy atom. The molecule has 0 unspecified atom stereocenters. The van der Waals surface area contributed by atoms with Crippen LogP contribution in [0.15, 0.2) is 12.3 Å². The summed E-state index contributed by atoms with van der Waals surface area (Å²) in [5.41, 5.74) is -4.25. The second-order valence-electron chi connectivity index (χ2n) is 4.17. The van der Waals surface area contributed by atoms with Crippen LogP contribution in [-0.2, 0) is 0 Å². The minimum Gasteiger partial charge on any atom is -0.485 e. The predicted octanol–water partition coefficient (Wildman–Crippen LogP) is 0.909. The first kappa shape index (κ1) is 17.1. The highest BCUT2D eigenvalue weighted by Crippen LogP contribution is 2.45. The van der Waals surface area contributed by atoms with Gasteiger partial charge >= 0.3 is 22.9 Å². The van der Waals surface area contributed by atoms with Crippen molar-refractivity contribution in [3.8, 4) is 11.4 Å². The summed E-state index contributed by atoms with van der Waals surface area (Å²) in [5, 5.41) is 50.9. The number of hydrogen-bond acceptors (Lipinski definition) is 11. The summed E-state index contributed by atoms with van der Waals surface area (Å²) in [6.45, 7) is 0. The van der Waals surface area contributed by atoms with Crippen molar-refractivity contribution in [3.05, 3.63) is 52.7 Å². The molecule has 16 heteroatoms. The van der Waals surface area contributed by atoms with E-state index in [0.29, 0.717) is 12.3 Å². The van der Waals surface area contributed by atoms with E-state index in [1.807, 2.05) is 0 Å². The SMILES string of the molecule is COc1c([N+](=O)[O-])cc([N+](=O)[O-])c(-n2ncc([N+](=O)[O-])n2)c1[N+](=O)[O-]. The molecule has 0 aliphatic rings. The number of nitro groups is 4. The number of aromatic nitrogens is 3. The molecular formula is C9H5N7O9. The highest BCUT2D eigenvalue weighted by Gasteiger charge is 2.41. The highest BCUT2D eigenvalue weighted by atomic mass is 16.6. The average Bonchev–Trinajstić information content (AvgIpc) is 3.02. The lowest BCUT2D eigenvalue weighted by atomic mass is 10.2. The first-order chi connectivity index (χ1) is 11.7. The summed E-state index contributed by atoms with van der Waals surface area (Å²) in [7, 11) is 0.879. The van der Waals surface area contributed by atoms with Crippen molar-refractivity contribution in [2.24, 2.45) is 0 Å². The van der Waals surface area contributed by atoms with Crippen molar-refractivity contribution >= 4 is 22.9 Å². The van der Waals surface area contributed by atoms with Crippen LogP contribution in [0.1, 0.15) is 0 Å². The molecule has 0 spiro atoms. The van der Waals surface area contributed by atoms with E-state index in [1.165, 1.54) is 0 Å². The third kappa shape index (κ3) is 2.85. The molecule has 0 aliphatic carbocycles. The normalized spacial score (nSPS) is 10.3. The molecular weight excluding hydrogens is 350 g/mol. The molecule has 25 heavy (non-hydrogen) atoms. The molecule has 0 N–H and O–H groups in total. The lowest BCUT2D eigenvalue weighted by molar-refractivity contribution is -0.404. The Balaban J connectivity index is 2.97. The molecule has 0 saturated carbocycles. The standard InChI is InChI=1S/C9H5N7O9/c1-25-9-5(14(19)20)2-4(13(17)18)7(8(9)16(23)24)12-10-3-6(11-12)15(21)22/h2-3H,1H3. The fourth-order valence-corrected chi connectivity index (χ4v) is 1.90. The summed E-state index contributed by atoms with van der Waals surface area (Å²) >= 11 is 0. The zero-order valence-electron chi connectivity index (χ0n) is 12.0. The molecule has 0 radical (unpaired) electrons. The number of nitro benzene ring substituents is 3. The zero-order chi connectivity index (χ0) is 18.9. The monoisotopic (exact) mass is 355 g/mol. The van der Waals surface area contributed by atoms with Crippen molar-refractivity contribution < 1.29 is 24.4 Å². The van der Waals surface area contributed by atoms with E-state index in [1.54, 1.807) is 0 Å². The lowest BCUT2D eigenvalue weighted by Crippen LogP contribution is -2.10. The van der Waals surface area contributed by atoms with Gasteiger partial charge in [0.05, 0.1) is 27.0 Å². The van der Waals surface area contributed by atoms with Gasteiger partial charge in [0.2, 0.25) is 0 Å². The Morgan fingerprint density at radius 2 is 1.56 bits per heavy atom. The number of hydrogen-bond donors (Lipinski definition) is 0. The van der Waals surface area contributed by atoms with Crippen LogP contribution in [0.2, 0.25) is 0 Å². The third-order valence-corrected chi connectivity index (χ3v) is 2.83. The van der Waals surface area contributed by atoms with Gasteiger partial charge in [-0.2, -0.15) is 0 Å². The van der Waals surface area contributed by atoms with Gasteiger partial charge in [0.25, 0.3) is 11.4 Å². The Labute approximate surface area is 134 Å². The number of ether oxygens (including phenoxy) is 1. The minimum absolute atomic E-state index is 0.265. The first-order valence-electron chi connectivity index (χ1n) is 5.94. The Kier molecular flexibility index (Phi) is 4.18. The van der Waals surface area contributed by atoms with Crippen LogP contribution in [0, 0.1) is 40.5 Å². The smallest absolute Gasteiger partial charge is 0.410 e. The van der Waals surface area contributed by atoms with Gasteiger partial charge in [-0.05, 0) is 9.72 Å². The van der Waals surface area contributed by atoms with Crippen LogP contribution in [0.4, 0.5) is 22.9 Å². The second-order valence-corrected chi connectivity index (χ2v) is 4.17. The van der Waals surface area contributed by atoms with Gasteiger partial charge < -0.3 is 14.9 Å². The highest BCUT2D eigenvalue weighted by molar-refractivity contribution is 5.77. The minimum atomic E-state index is -1.19. The molecule has 0 saturated heterocycles. The first-order valence-corrected chi connectivity index (χ1v) is 5.94. The van der Waals surface area contributed by atoms with Crippen LogP contribution in [0.3, 0.4) is 0 Å². The fraction of sp³-hybridized carbons (Fsp3) is 0.111. The van der Waals surface area contributed by atoms with Gasteiger partial charge in [-0.15, -0.1) is 5.10 Å². The summed E-state index contributed by atoms with van der Waals surface area (Å²) < 4.78 is 4.64.